The smallest absolute Gasteiger partial charge is 0.230 e. The Morgan fingerprint density at radius 1 is 1.03 bits per heavy atom. The maximum absolute atomic E-state index is 15.1. The van der Waals surface area contributed by atoms with E-state index >= 15 is 4.39 Å². The Balaban J connectivity index is 1.40. The minimum atomic E-state index is -0.412. The van der Waals surface area contributed by atoms with Crippen molar-refractivity contribution in [2.45, 2.75) is 39.0 Å². The topological polar surface area (TPSA) is 63.3 Å². The van der Waals surface area contributed by atoms with Crippen LogP contribution in [-0.2, 0) is 6.42 Å². The van der Waals surface area contributed by atoms with Gasteiger partial charge in [-0.3, -0.25) is 0 Å². The Labute approximate surface area is 192 Å². The van der Waals surface area contributed by atoms with Crippen LogP contribution in [0.5, 0.6) is 17.4 Å². The SMILES string of the molecule is COc1cc2c(Oc3ccc4[nH]c(C)cc4c3F)ncnc2cc1CCCN1CCCCC1. The number of fused-ring (bicyclic) bond motifs is 2. The second kappa shape index (κ2) is 9.35. The Kier molecular flexibility index (Phi) is 6.13. The van der Waals surface area contributed by atoms with Crippen LogP contribution >= 0.6 is 0 Å². The molecule has 33 heavy (non-hydrogen) atoms. The second-order valence-electron chi connectivity index (χ2n) is 8.76. The predicted molar refractivity (Wildman–Crippen MR) is 128 cm³/mol. The summed E-state index contributed by atoms with van der Waals surface area (Å²) in [6.07, 6.45) is 7.39. The molecule has 172 valence electrons. The van der Waals surface area contributed by atoms with Crippen LogP contribution in [0.15, 0.2) is 36.7 Å². The lowest BCUT2D eigenvalue weighted by Crippen LogP contribution is -2.30. The Hall–Kier alpha value is -3.19. The highest BCUT2D eigenvalue weighted by Crippen LogP contribution is 2.35. The molecule has 5 rings (SSSR count). The van der Waals surface area contributed by atoms with Gasteiger partial charge in [0.25, 0.3) is 0 Å². The maximum Gasteiger partial charge on any atom is 0.230 e. The fourth-order valence-corrected chi connectivity index (χ4v) is 4.72. The van der Waals surface area contributed by atoms with Crippen LogP contribution < -0.4 is 9.47 Å². The Morgan fingerprint density at radius 3 is 2.70 bits per heavy atom. The van der Waals surface area contributed by atoms with Gasteiger partial charge in [0.1, 0.15) is 12.1 Å². The summed E-state index contributed by atoms with van der Waals surface area (Å²) in [6, 6.07) is 9.14. The molecule has 4 aromatic rings. The molecule has 0 unspecified atom stereocenters. The number of benzene rings is 2. The van der Waals surface area contributed by atoms with E-state index in [0.29, 0.717) is 16.7 Å². The molecular formula is C26H29FN4O2. The van der Waals surface area contributed by atoms with E-state index in [1.165, 1.54) is 38.7 Å². The molecular weight excluding hydrogens is 419 g/mol. The maximum atomic E-state index is 15.1. The van der Waals surface area contributed by atoms with Gasteiger partial charge in [0, 0.05) is 16.6 Å². The number of rotatable bonds is 7. The van der Waals surface area contributed by atoms with Crippen molar-refractivity contribution in [3.63, 3.8) is 0 Å². The molecule has 0 saturated carbocycles. The number of aromatic nitrogens is 3. The first-order valence-electron chi connectivity index (χ1n) is 11.6. The van der Waals surface area contributed by atoms with Crippen molar-refractivity contribution in [1.29, 1.82) is 0 Å². The summed E-state index contributed by atoms with van der Waals surface area (Å²) in [6.45, 7) is 5.40. The minimum Gasteiger partial charge on any atom is -0.496 e. The van der Waals surface area contributed by atoms with E-state index in [2.05, 4.69) is 19.9 Å². The molecule has 0 bridgehead atoms. The zero-order valence-electron chi connectivity index (χ0n) is 19.2. The molecule has 6 nitrogen and oxygen atoms in total. The van der Waals surface area contributed by atoms with Gasteiger partial charge in [-0.1, -0.05) is 6.42 Å². The summed E-state index contributed by atoms with van der Waals surface area (Å²) in [5, 5.41) is 1.19. The van der Waals surface area contributed by atoms with Crippen LogP contribution in [0, 0.1) is 12.7 Å². The molecule has 0 amide bonds. The summed E-state index contributed by atoms with van der Waals surface area (Å²) in [4.78, 5) is 14.4. The largest absolute Gasteiger partial charge is 0.496 e. The molecule has 1 aliphatic rings. The van der Waals surface area contributed by atoms with E-state index in [1.807, 2.05) is 25.1 Å². The van der Waals surface area contributed by atoms with Crippen LogP contribution in [0.4, 0.5) is 4.39 Å². The standard InChI is InChI=1S/C26H29FN4O2/c1-17-13-19-21(30-17)8-9-23(25(19)27)33-26-20-15-24(32-2)18(14-22(20)28-16-29-26)7-6-12-31-10-4-3-5-11-31/h8-9,13-16,30H,3-7,10-12H2,1-2H3. The molecule has 3 heterocycles. The van der Waals surface area contributed by atoms with Crippen molar-refractivity contribution < 1.29 is 13.9 Å². The number of ether oxygens (including phenoxy) is 2. The number of aromatic amines is 1. The normalized spacial score (nSPS) is 14.8. The number of hydrogen-bond acceptors (Lipinski definition) is 5. The summed E-state index contributed by atoms with van der Waals surface area (Å²) >= 11 is 0. The van der Waals surface area contributed by atoms with Crippen LogP contribution in [-0.4, -0.2) is 46.6 Å². The third-order valence-corrected chi connectivity index (χ3v) is 6.41. The highest BCUT2D eigenvalue weighted by atomic mass is 19.1. The average molecular weight is 449 g/mol. The van der Waals surface area contributed by atoms with Crippen LogP contribution in [0.2, 0.25) is 0 Å². The number of nitrogens with one attached hydrogen (secondary N) is 1. The van der Waals surface area contributed by atoms with Crippen molar-refractivity contribution in [2.24, 2.45) is 0 Å². The molecule has 0 atom stereocenters. The first-order valence-corrected chi connectivity index (χ1v) is 11.6. The van der Waals surface area contributed by atoms with E-state index in [1.54, 1.807) is 19.2 Å². The van der Waals surface area contributed by atoms with Gasteiger partial charge >= 0.3 is 0 Å². The number of hydrogen-bond donors (Lipinski definition) is 1. The highest BCUT2D eigenvalue weighted by molar-refractivity contribution is 5.87. The fraction of sp³-hybridized carbons (Fsp3) is 0.385. The second-order valence-corrected chi connectivity index (χ2v) is 8.76. The minimum absolute atomic E-state index is 0.131. The van der Waals surface area contributed by atoms with Gasteiger partial charge in [-0.2, -0.15) is 0 Å². The van der Waals surface area contributed by atoms with Gasteiger partial charge < -0.3 is 19.4 Å². The van der Waals surface area contributed by atoms with E-state index in [-0.39, 0.29) is 5.75 Å². The van der Waals surface area contributed by atoms with Crippen molar-refractivity contribution in [3.8, 4) is 17.4 Å². The fourth-order valence-electron chi connectivity index (χ4n) is 4.72. The molecule has 1 aliphatic heterocycles. The lowest BCUT2D eigenvalue weighted by molar-refractivity contribution is 0.226. The van der Waals surface area contributed by atoms with Crippen LogP contribution in [0.1, 0.15) is 36.9 Å². The lowest BCUT2D eigenvalue weighted by Gasteiger charge is -2.26. The number of halogens is 1. The Morgan fingerprint density at radius 2 is 1.88 bits per heavy atom. The highest BCUT2D eigenvalue weighted by Gasteiger charge is 2.16. The van der Waals surface area contributed by atoms with Crippen molar-refractivity contribution in [3.05, 3.63) is 53.7 Å². The van der Waals surface area contributed by atoms with E-state index < -0.39 is 5.82 Å². The van der Waals surface area contributed by atoms with Gasteiger partial charge in [-0.05, 0) is 88.1 Å². The monoisotopic (exact) mass is 448 g/mol. The van der Waals surface area contributed by atoms with Crippen LogP contribution in [0.3, 0.4) is 0 Å². The summed E-state index contributed by atoms with van der Waals surface area (Å²) in [5.41, 5.74) is 3.50. The summed E-state index contributed by atoms with van der Waals surface area (Å²) in [5.74, 6) is 0.803. The van der Waals surface area contributed by atoms with E-state index in [4.69, 9.17) is 9.47 Å². The van der Waals surface area contributed by atoms with E-state index in [0.717, 1.165) is 47.4 Å². The first-order chi connectivity index (χ1) is 16.1. The van der Waals surface area contributed by atoms with Gasteiger partial charge in [-0.25, -0.2) is 14.4 Å². The van der Waals surface area contributed by atoms with Gasteiger partial charge in [-0.15, -0.1) is 0 Å². The number of aryl methyl sites for hydroxylation is 2. The molecule has 0 radical (unpaired) electrons. The molecule has 1 N–H and O–H groups in total. The predicted octanol–water partition coefficient (Wildman–Crippen LogP) is 5.78. The molecule has 1 saturated heterocycles. The zero-order chi connectivity index (χ0) is 22.8. The summed E-state index contributed by atoms with van der Waals surface area (Å²) < 4.78 is 26.7. The quantitative estimate of drug-likeness (QED) is 0.388. The van der Waals surface area contributed by atoms with Gasteiger partial charge in [0.15, 0.2) is 11.6 Å². The third-order valence-electron chi connectivity index (χ3n) is 6.41. The third kappa shape index (κ3) is 4.50. The van der Waals surface area contributed by atoms with Gasteiger partial charge in [0.2, 0.25) is 5.88 Å². The Bertz CT molecular complexity index is 1280. The zero-order valence-corrected chi connectivity index (χ0v) is 19.2. The molecule has 7 heteroatoms. The van der Waals surface area contributed by atoms with Crippen LogP contribution in [0.25, 0.3) is 21.8 Å². The number of H-pyrrole nitrogens is 1. The van der Waals surface area contributed by atoms with Crippen molar-refractivity contribution >= 4 is 21.8 Å². The van der Waals surface area contributed by atoms with E-state index in [9.17, 15) is 0 Å². The lowest BCUT2D eigenvalue weighted by atomic mass is 10.0. The van der Waals surface area contributed by atoms with Gasteiger partial charge in [0.05, 0.1) is 18.0 Å². The number of piperidine rings is 1. The van der Waals surface area contributed by atoms with Crippen molar-refractivity contribution in [1.82, 2.24) is 19.9 Å². The average Bonchev–Trinajstić information content (AvgIpc) is 3.22. The molecule has 1 fully saturated rings. The molecule has 0 spiro atoms. The first kappa shape index (κ1) is 21.6. The summed E-state index contributed by atoms with van der Waals surface area (Å²) in [7, 11) is 1.67. The number of likely N-dealkylation sites (tertiary alicyclic amines) is 1. The number of nitrogens with zero attached hydrogens (tertiary/aromatic N) is 3. The number of methoxy groups -OCH3 is 1. The molecule has 2 aromatic carbocycles. The molecule has 0 aliphatic carbocycles. The molecule has 2 aromatic heterocycles. The van der Waals surface area contributed by atoms with Crippen molar-refractivity contribution in [2.75, 3.05) is 26.7 Å².